The molecule has 18 heavy (non-hydrogen) atoms. The quantitative estimate of drug-likeness (QED) is 0.565. The fraction of sp³-hybridized carbons (Fsp3) is 0.0833. The Kier molecular flexibility index (Phi) is 2.00. The molecule has 1 amide bonds. The molecule has 1 aliphatic heterocycles. The number of esters is 1. The zero-order valence-corrected chi connectivity index (χ0v) is 9.17. The topological polar surface area (TPSA) is 91.4 Å². The Hall–Kier alpha value is -2.63. The predicted molar refractivity (Wildman–Crippen MR) is 62.4 cm³/mol. The molecule has 0 atom stereocenters. The van der Waals surface area contributed by atoms with Gasteiger partial charge in [-0.2, -0.15) is 0 Å². The van der Waals surface area contributed by atoms with E-state index >= 15 is 0 Å². The second-order valence-electron chi connectivity index (χ2n) is 3.99. The van der Waals surface area contributed by atoms with Gasteiger partial charge in [0.1, 0.15) is 12.1 Å². The average molecular weight is 244 g/mol. The summed E-state index contributed by atoms with van der Waals surface area (Å²) < 4.78 is 6.56. The maximum Gasteiger partial charge on any atom is 0.331 e. The maximum atomic E-state index is 12.0. The third kappa shape index (κ3) is 1.32. The van der Waals surface area contributed by atoms with Gasteiger partial charge in [-0.05, 0) is 12.1 Å². The van der Waals surface area contributed by atoms with E-state index in [0.717, 1.165) is 0 Å². The molecule has 0 unspecified atom stereocenters. The highest BCUT2D eigenvalue weighted by Crippen LogP contribution is 2.27. The number of benzene rings is 1. The number of carbonyl (C=O) groups excluding carboxylic acids is 2. The summed E-state index contributed by atoms with van der Waals surface area (Å²) in [6.07, 6.45) is 1.30. The van der Waals surface area contributed by atoms with E-state index in [1.54, 1.807) is 18.2 Å². The first-order chi connectivity index (χ1) is 8.58. The van der Waals surface area contributed by atoms with Crippen molar-refractivity contribution in [3.8, 4) is 5.75 Å². The summed E-state index contributed by atoms with van der Waals surface area (Å²) in [6, 6.07) is 4.76. The maximum absolute atomic E-state index is 12.0. The SMILES string of the molecule is NC(=O)c1cn2c3c(cccc3c1=O)OC(=O)C2. The number of hydrogen-bond donors (Lipinski definition) is 1. The first kappa shape index (κ1) is 10.5. The minimum atomic E-state index is -0.810. The molecular formula is C12H8N2O4. The summed E-state index contributed by atoms with van der Waals surface area (Å²) in [4.78, 5) is 34.6. The summed E-state index contributed by atoms with van der Waals surface area (Å²) in [5, 5.41) is 0.316. The van der Waals surface area contributed by atoms with E-state index < -0.39 is 17.3 Å². The van der Waals surface area contributed by atoms with Gasteiger partial charge in [0.25, 0.3) is 5.91 Å². The van der Waals surface area contributed by atoms with E-state index in [9.17, 15) is 14.4 Å². The number of nitrogens with zero attached hydrogens (tertiary/aromatic N) is 1. The molecule has 0 aliphatic carbocycles. The monoisotopic (exact) mass is 244 g/mol. The molecule has 2 aromatic rings. The highest BCUT2D eigenvalue weighted by atomic mass is 16.5. The van der Waals surface area contributed by atoms with Crippen LogP contribution in [0.5, 0.6) is 5.75 Å². The van der Waals surface area contributed by atoms with Gasteiger partial charge in [-0.15, -0.1) is 0 Å². The fourth-order valence-corrected chi connectivity index (χ4v) is 2.10. The Morgan fingerprint density at radius 3 is 2.83 bits per heavy atom. The molecule has 0 saturated carbocycles. The molecule has 0 fully saturated rings. The Bertz CT molecular complexity index is 760. The molecule has 2 heterocycles. The zero-order chi connectivity index (χ0) is 12.9. The van der Waals surface area contributed by atoms with Crippen molar-refractivity contribution in [3.05, 3.63) is 40.2 Å². The number of aromatic nitrogens is 1. The van der Waals surface area contributed by atoms with Gasteiger partial charge in [0, 0.05) is 6.20 Å². The normalized spacial score (nSPS) is 13.4. The van der Waals surface area contributed by atoms with Gasteiger partial charge in [0.05, 0.1) is 10.9 Å². The minimum absolute atomic E-state index is 0.0475. The number of para-hydroxylation sites is 1. The van der Waals surface area contributed by atoms with E-state index in [4.69, 9.17) is 10.5 Å². The molecule has 2 N–H and O–H groups in total. The lowest BCUT2D eigenvalue weighted by molar-refractivity contribution is -0.135. The van der Waals surface area contributed by atoms with Crippen LogP contribution in [0.1, 0.15) is 10.4 Å². The molecule has 0 bridgehead atoms. The van der Waals surface area contributed by atoms with Crippen molar-refractivity contribution in [2.45, 2.75) is 6.54 Å². The number of rotatable bonds is 1. The van der Waals surface area contributed by atoms with E-state index in [-0.39, 0.29) is 12.1 Å². The van der Waals surface area contributed by atoms with Crippen LogP contribution in [0, 0.1) is 0 Å². The smallest absolute Gasteiger partial charge is 0.331 e. The number of hydrogen-bond acceptors (Lipinski definition) is 4. The van der Waals surface area contributed by atoms with Crippen molar-refractivity contribution in [2.75, 3.05) is 0 Å². The predicted octanol–water partition coefficient (Wildman–Crippen LogP) is 0.0194. The van der Waals surface area contributed by atoms with Crippen LogP contribution in [0.3, 0.4) is 0 Å². The highest BCUT2D eigenvalue weighted by Gasteiger charge is 2.22. The van der Waals surface area contributed by atoms with Crippen LogP contribution >= 0.6 is 0 Å². The van der Waals surface area contributed by atoms with Crippen molar-refractivity contribution in [3.63, 3.8) is 0 Å². The van der Waals surface area contributed by atoms with Gasteiger partial charge < -0.3 is 15.0 Å². The molecule has 1 aromatic heterocycles. The van der Waals surface area contributed by atoms with Crippen molar-refractivity contribution < 1.29 is 14.3 Å². The van der Waals surface area contributed by atoms with Crippen LogP contribution in [0.4, 0.5) is 0 Å². The van der Waals surface area contributed by atoms with Crippen molar-refractivity contribution in [2.24, 2.45) is 5.73 Å². The van der Waals surface area contributed by atoms with E-state index in [1.807, 2.05) is 0 Å². The molecule has 6 heteroatoms. The zero-order valence-electron chi connectivity index (χ0n) is 9.17. The van der Waals surface area contributed by atoms with Crippen LogP contribution in [0.15, 0.2) is 29.2 Å². The molecule has 90 valence electrons. The number of pyridine rings is 1. The number of carbonyl (C=O) groups is 2. The third-order valence-corrected chi connectivity index (χ3v) is 2.85. The lowest BCUT2D eigenvalue weighted by atomic mass is 10.1. The third-order valence-electron chi connectivity index (χ3n) is 2.85. The van der Waals surface area contributed by atoms with E-state index in [0.29, 0.717) is 16.7 Å². The number of ether oxygens (including phenoxy) is 1. The van der Waals surface area contributed by atoms with Crippen LogP contribution in [0.2, 0.25) is 0 Å². The van der Waals surface area contributed by atoms with Crippen LogP contribution in [-0.2, 0) is 11.3 Å². The number of amides is 1. The molecule has 0 spiro atoms. The van der Waals surface area contributed by atoms with E-state index in [2.05, 4.69) is 0 Å². The van der Waals surface area contributed by atoms with Crippen molar-refractivity contribution in [1.29, 1.82) is 0 Å². The minimum Gasteiger partial charge on any atom is -0.423 e. The van der Waals surface area contributed by atoms with Crippen LogP contribution < -0.4 is 15.9 Å². The van der Waals surface area contributed by atoms with Crippen molar-refractivity contribution in [1.82, 2.24) is 4.57 Å². The van der Waals surface area contributed by atoms with Crippen LogP contribution in [-0.4, -0.2) is 16.4 Å². The first-order valence-corrected chi connectivity index (χ1v) is 5.24. The second kappa shape index (κ2) is 3.43. The largest absolute Gasteiger partial charge is 0.423 e. The number of primary amides is 1. The van der Waals surface area contributed by atoms with Gasteiger partial charge in [0.2, 0.25) is 5.43 Å². The summed E-state index contributed by atoms with van der Waals surface area (Å²) >= 11 is 0. The molecule has 0 saturated heterocycles. The summed E-state index contributed by atoms with van der Waals surface area (Å²) in [5.41, 5.74) is 5.08. The fourth-order valence-electron chi connectivity index (χ4n) is 2.10. The molecule has 1 aromatic carbocycles. The van der Waals surface area contributed by atoms with Gasteiger partial charge in [0.15, 0.2) is 5.75 Å². The van der Waals surface area contributed by atoms with Gasteiger partial charge >= 0.3 is 5.97 Å². The molecule has 3 rings (SSSR count). The molecule has 0 radical (unpaired) electrons. The Morgan fingerprint density at radius 1 is 1.33 bits per heavy atom. The van der Waals surface area contributed by atoms with Crippen LogP contribution in [0.25, 0.3) is 10.9 Å². The van der Waals surface area contributed by atoms with Crippen molar-refractivity contribution >= 4 is 22.8 Å². The van der Waals surface area contributed by atoms with E-state index in [1.165, 1.54) is 10.8 Å². The summed E-state index contributed by atoms with van der Waals surface area (Å²) in [6.45, 7) is -0.0475. The Morgan fingerprint density at radius 2 is 2.11 bits per heavy atom. The highest BCUT2D eigenvalue weighted by molar-refractivity contribution is 5.98. The molecule has 1 aliphatic rings. The summed E-state index contributed by atoms with van der Waals surface area (Å²) in [7, 11) is 0. The lowest BCUT2D eigenvalue weighted by Crippen LogP contribution is -2.28. The van der Waals surface area contributed by atoms with Gasteiger partial charge in [-0.3, -0.25) is 9.59 Å². The lowest BCUT2D eigenvalue weighted by Gasteiger charge is -2.19. The van der Waals surface area contributed by atoms with Gasteiger partial charge in [-0.25, -0.2) is 4.79 Å². The van der Waals surface area contributed by atoms with Gasteiger partial charge in [-0.1, -0.05) is 6.07 Å². The number of nitrogens with two attached hydrogens (primary N) is 1. The standard InChI is InChI=1S/C12H8N2O4/c13-12(17)7-4-14-5-9(15)18-8-3-1-2-6(10(8)14)11(7)16/h1-4H,5H2,(H2,13,17). The Balaban J connectivity index is 2.50. The second-order valence-corrected chi connectivity index (χ2v) is 3.99. The molecular weight excluding hydrogens is 236 g/mol. The summed E-state index contributed by atoms with van der Waals surface area (Å²) in [5.74, 6) is -0.944. The molecule has 6 nitrogen and oxygen atoms in total. The Labute approximate surface area is 101 Å². The first-order valence-electron chi connectivity index (χ1n) is 5.24. The average Bonchev–Trinajstić information content (AvgIpc) is 2.32.